The highest BCUT2D eigenvalue weighted by Crippen LogP contribution is 2.27. The van der Waals surface area contributed by atoms with Gasteiger partial charge >= 0.3 is 0 Å². The van der Waals surface area contributed by atoms with Crippen LogP contribution in [0.1, 0.15) is 53.6 Å². The second-order valence-corrected chi connectivity index (χ2v) is 10.2. The lowest BCUT2D eigenvalue weighted by Crippen LogP contribution is -2.26. The molecule has 2 aromatic rings. The number of carbonyl (C=O) groups excluding carboxylic acids is 1. The molecule has 158 valence electrons. The number of hydrogen-bond donors (Lipinski definition) is 0. The molecule has 1 unspecified atom stereocenters. The van der Waals surface area contributed by atoms with Crippen molar-refractivity contribution in [1.29, 1.82) is 0 Å². The van der Waals surface area contributed by atoms with E-state index in [4.69, 9.17) is 4.74 Å². The maximum absolute atomic E-state index is 12.8. The van der Waals surface area contributed by atoms with E-state index in [-0.39, 0.29) is 29.6 Å². The third-order valence-corrected chi connectivity index (χ3v) is 6.99. The fourth-order valence-electron chi connectivity index (χ4n) is 3.73. The minimum atomic E-state index is -2.98. The Balaban J connectivity index is 1.73. The minimum absolute atomic E-state index is 0.0802. The van der Waals surface area contributed by atoms with Gasteiger partial charge in [-0.15, -0.1) is 0 Å². The second-order valence-electron chi connectivity index (χ2n) is 8.00. The largest absolute Gasteiger partial charge is 0.491 e. The first kappa shape index (κ1) is 21.4. The van der Waals surface area contributed by atoms with Gasteiger partial charge < -0.3 is 9.64 Å². The van der Waals surface area contributed by atoms with Crippen LogP contribution in [0.15, 0.2) is 24.3 Å². The Morgan fingerprint density at radius 2 is 1.93 bits per heavy atom. The van der Waals surface area contributed by atoms with Gasteiger partial charge in [0.25, 0.3) is 5.91 Å². The molecule has 1 fully saturated rings. The molecule has 8 heteroatoms. The van der Waals surface area contributed by atoms with Gasteiger partial charge in [-0.25, -0.2) is 8.42 Å². The highest BCUT2D eigenvalue weighted by atomic mass is 32.2. The summed E-state index contributed by atoms with van der Waals surface area (Å²) in [5.41, 5.74) is 3.30. The maximum Gasteiger partial charge on any atom is 0.253 e. The Morgan fingerprint density at radius 1 is 1.28 bits per heavy atom. The van der Waals surface area contributed by atoms with Crippen LogP contribution in [0, 0.1) is 13.8 Å². The van der Waals surface area contributed by atoms with Crippen molar-refractivity contribution in [3.05, 3.63) is 46.8 Å². The van der Waals surface area contributed by atoms with Crippen molar-refractivity contribution in [2.75, 3.05) is 18.6 Å². The molecule has 1 aromatic carbocycles. The number of carbonyl (C=O) groups is 1. The van der Waals surface area contributed by atoms with E-state index < -0.39 is 9.84 Å². The normalized spacial score (nSPS) is 18.2. The van der Waals surface area contributed by atoms with Crippen LogP contribution >= 0.6 is 0 Å². The molecule has 29 heavy (non-hydrogen) atoms. The smallest absolute Gasteiger partial charge is 0.253 e. The molecule has 1 aliphatic rings. The molecule has 1 saturated heterocycles. The molecule has 1 aromatic heterocycles. The Bertz CT molecular complexity index is 994. The van der Waals surface area contributed by atoms with Crippen LogP contribution in [0.5, 0.6) is 5.75 Å². The summed E-state index contributed by atoms with van der Waals surface area (Å²) in [6.45, 7) is 8.17. The SMILES string of the molecule is Cc1nn(C2CCS(=O)(=O)C2)c(C)c1CN(C)C(=O)c1ccc(OC(C)C)cc1. The Kier molecular flexibility index (Phi) is 6.03. The van der Waals surface area contributed by atoms with Crippen molar-refractivity contribution in [2.45, 2.75) is 52.8 Å². The first-order valence-electron chi connectivity index (χ1n) is 9.84. The van der Waals surface area contributed by atoms with Gasteiger partial charge in [-0.2, -0.15) is 5.10 Å². The lowest BCUT2D eigenvalue weighted by molar-refractivity contribution is 0.0784. The van der Waals surface area contributed by atoms with E-state index in [0.29, 0.717) is 18.5 Å². The minimum Gasteiger partial charge on any atom is -0.491 e. The van der Waals surface area contributed by atoms with Gasteiger partial charge in [0.15, 0.2) is 9.84 Å². The summed E-state index contributed by atoms with van der Waals surface area (Å²) >= 11 is 0. The van der Waals surface area contributed by atoms with Crippen LogP contribution in [-0.4, -0.2) is 53.7 Å². The molecule has 0 N–H and O–H groups in total. The van der Waals surface area contributed by atoms with E-state index >= 15 is 0 Å². The number of amides is 1. The van der Waals surface area contributed by atoms with Gasteiger partial charge in [-0.1, -0.05) is 0 Å². The summed E-state index contributed by atoms with van der Waals surface area (Å²) in [7, 11) is -1.22. The maximum atomic E-state index is 12.8. The number of nitrogens with zero attached hydrogens (tertiary/aromatic N) is 3. The Labute approximate surface area is 172 Å². The van der Waals surface area contributed by atoms with E-state index in [1.807, 2.05) is 32.4 Å². The molecular formula is C21H29N3O4S. The van der Waals surface area contributed by atoms with E-state index in [2.05, 4.69) is 5.10 Å². The van der Waals surface area contributed by atoms with Crippen molar-refractivity contribution < 1.29 is 17.9 Å². The van der Waals surface area contributed by atoms with Crippen LogP contribution in [0.25, 0.3) is 0 Å². The molecule has 2 heterocycles. The summed E-state index contributed by atoms with van der Waals surface area (Å²) in [6.07, 6.45) is 0.667. The molecular weight excluding hydrogens is 390 g/mol. The summed E-state index contributed by atoms with van der Waals surface area (Å²) in [6, 6.07) is 7.01. The molecule has 7 nitrogen and oxygen atoms in total. The first-order valence-corrected chi connectivity index (χ1v) is 11.7. The summed E-state index contributed by atoms with van der Waals surface area (Å²) < 4.78 is 31.1. The molecule has 3 rings (SSSR count). The predicted molar refractivity (Wildman–Crippen MR) is 112 cm³/mol. The van der Waals surface area contributed by atoms with Gasteiger partial charge in [0.05, 0.1) is 29.3 Å². The number of rotatable bonds is 6. The zero-order chi connectivity index (χ0) is 21.3. The lowest BCUT2D eigenvalue weighted by atomic mass is 10.1. The lowest BCUT2D eigenvalue weighted by Gasteiger charge is -2.18. The van der Waals surface area contributed by atoms with E-state index in [0.717, 1.165) is 22.7 Å². The second kappa shape index (κ2) is 8.18. The van der Waals surface area contributed by atoms with Crippen molar-refractivity contribution in [2.24, 2.45) is 0 Å². The van der Waals surface area contributed by atoms with Gasteiger partial charge in [-0.3, -0.25) is 9.48 Å². The average molecular weight is 420 g/mol. The standard InChI is InChI=1S/C21H29N3O4S/c1-14(2)28-19-8-6-17(7-9-19)21(25)23(5)12-20-15(3)22-24(16(20)4)18-10-11-29(26,27)13-18/h6-9,14,18H,10-13H2,1-5H3. The zero-order valence-electron chi connectivity index (χ0n) is 17.7. The van der Waals surface area contributed by atoms with Gasteiger partial charge in [0, 0.05) is 30.4 Å². The summed E-state index contributed by atoms with van der Waals surface area (Å²) in [5, 5.41) is 4.58. The van der Waals surface area contributed by atoms with Crippen LogP contribution in [0.3, 0.4) is 0 Å². The number of sulfone groups is 1. The van der Waals surface area contributed by atoms with E-state index in [1.165, 1.54) is 0 Å². The number of ether oxygens (including phenoxy) is 1. The zero-order valence-corrected chi connectivity index (χ0v) is 18.5. The Morgan fingerprint density at radius 3 is 2.48 bits per heavy atom. The van der Waals surface area contributed by atoms with Crippen LogP contribution in [0.4, 0.5) is 0 Å². The van der Waals surface area contributed by atoms with Crippen molar-refractivity contribution >= 4 is 15.7 Å². The third-order valence-electron chi connectivity index (χ3n) is 5.24. The fourth-order valence-corrected chi connectivity index (χ4v) is 5.42. The Hall–Kier alpha value is -2.35. The van der Waals surface area contributed by atoms with E-state index in [9.17, 15) is 13.2 Å². The quantitative estimate of drug-likeness (QED) is 0.719. The monoisotopic (exact) mass is 419 g/mol. The molecule has 0 aliphatic carbocycles. The van der Waals surface area contributed by atoms with Crippen molar-refractivity contribution in [3.63, 3.8) is 0 Å². The molecule has 0 bridgehead atoms. The fraction of sp³-hybridized carbons (Fsp3) is 0.524. The van der Waals surface area contributed by atoms with Gasteiger partial charge in [0.1, 0.15) is 5.75 Å². The third kappa shape index (κ3) is 4.80. The molecule has 0 saturated carbocycles. The number of benzene rings is 1. The number of aryl methyl sites for hydroxylation is 1. The average Bonchev–Trinajstić information content (AvgIpc) is 3.14. The molecule has 1 atom stereocenters. The highest BCUT2D eigenvalue weighted by molar-refractivity contribution is 7.91. The van der Waals surface area contributed by atoms with Crippen molar-refractivity contribution in [3.8, 4) is 5.75 Å². The topological polar surface area (TPSA) is 81.5 Å². The molecule has 1 amide bonds. The van der Waals surface area contributed by atoms with Crippen LogP contribution in [0.2, 0.25) is 0 Å². The number of aromatic nitrogens is 2. The predicted octanol–water partition coefficient (Wildman–Crippen LogP) is 2.92. The van der Waals surface area contributed by atoms with E-state index in [1.54, 1.807) is 36.2 Å². The summed E-state index contributed by atoms with van der Waals surface area (Å²) in [4.78, 5) is 14.5. The highest BCUT2D eigenvalue weighted by Gasteiger charge is 2.31. The van der Waals surface area contributed by atoms with Crippen LogP contribution < -0.4 is 4.74 Å². The molecule has 1 aliphatic heterocycles. The summed E-state index contributed by atoms with van der Waals surface area (Å²) in [5.74, 6) is 0.989. The van der Waals surface area contributed by atoms with Gasteiger partial charge in [0.2, 0.25) is 0 Å². The van der Waals surface area contributed by atoms with Crippen LogP contribution in [-0.2, 0) is 16.4 Å². The number of hydrogen-bond acceptors (Lipinski definition) is 5. The van der Waals surface area contributed by atoms with Gasteiger partial charge in [-0.05, 0) is 58.4 Å². The first-order chi connectivity index (χ1) is 13.6. The van der Waals surface area contributed by atoms with Crippen molar-refractivity contribution in [1.82, 2.24) is 14.7 Å². The molecule has 0 radical (unpaired) electrons. The molecule has 0 spiro atoms.